The molecule has 124 valence electrons. The topological polar surface area (TPSA) is 70.1 Å². The number of aromatic nitrogens is 2. The van der Waals surface area contributed by atoms with Gasteiger partial charge in [-0.15, -0.1) is 0 Å². The number of primary amides is 1. The molecular formula is C15H16F3N3O2. The summed E-state index contributed by atoms with van der Waals surface area (Å²) in [5.41, 5.74) is 6.15. The Morgan fingerprint density at radius 3 is 2.70 bits per heavy atom. The Hall–Kier alpha value is -2.51. The van der Waals surface area contributed by atoms with Gasteiger partial charge in [-0.25, -0.2) is 0 Å². The zero-order chi connectivity index (χ0) is 17.0. The number of benzene rings is 1. The maximum atomic E-state index is 12.5. The fraction of sp³-hybridized carbons (Fsp3) is 0.333. The highest BCUT2D eigenvalue weighted by Gasteiger charge is 2.29. The van der Waals surface area contributed by atoms with Crippen LogP contribution in [0.2, 0.25) is 0 Å². The summed E-state index contributed by atoms with van der Waals surface area (Å²) in [4.78, 5) is 11.3. The molecule has 0 saturated heterocycles. The second-order valence-electron chi connectivity index (χ2n) is 5.05. The summed E-state index contributed by atoms with van der Waals surface area (Å²) in [6, 6.07) is 8.22. The van der Waals surface area contributed by atoms with Crippen molar-refractivity contribution in [1.29, 1.82) is 0 Å². The lowest BCUT2D eigenvalue weighted by Gasteiger charge is -2.15. The second kappa shape index (κ2) is 6.72. The molecule has 0 spiro atoms. The number of nitrogens with zero attached hydrogens (tertiary/aromatic N) is 2. The minimum Gasteiger partial charge on any atom is -0.487 e. The highest BCUT2D eigenvalue weighted by atomic mass is 19.4. The van der Waals surface area contributed by atoms with Crippen molar-refractivity contribution >= 4 is 5.91 Å². The van der Waals surface area contributed by atoms with E-state index in [2.05, 4.69) is 5.10 Å². The van der Waals surface area contributed by atoms with Crippen LogP contribution in [0.4, 0.5) is 13.2 Å². The van der Waals surface area contributed by atoms with Crippen LogP contribution in [0.25, 0.3) is 0 Å². The van der Waals surface area contributed by atoms with E-state index in [4.69, 9.17) is 10.5 Å². The summed E-state index contributed by atoms with van der Waals surface area (Å²) in [6.45, 7) is 0.356. The molecule has 0 fully saturated rings. The van der Waals surface area contributed by atoms with Gasteiger partial charge in [0, 0.05) is 11.8 Å². The first-order valence-corrected chi connectivity index (χ1v) is 6.86. The molecule has 2 N–H and O–H groups in total. The lowest BCUT2D eigenvalue weighted by molar-refractivity contribution is -0.143. The summed E-state index contributed by atoms with van der Waals surface area (Å²) in [7, 11) is 0. The van der Waals surface area contributed by atoms with Gasteiger partial charge in [0.25, 0.3) is 0 Å². The lowest BCUT2D eigenvalue weighted by Crippen LogP contribution is -2.21. The number of halogens is 3. The minimum atomic E-state index is -4.36. The number of nitrogens with two attached hydrogens (primary N) is 1. The number of carbonyl (C=O) groups is 1. The van der Waals surface area contributed by atoms with Crippen molar-refractivity contribution in [3.05, 3.63) is 47.8 Å². The lowest BCUT2D eigenvalue weighted by atomic mass is 10.00. The molecular weight excluding hydrogens is 311 g/mol. The number of carbonyl (C=O) groups excluding carboxylic acids is 1. The van der Waals surface area contributed by atoms with E-state index in [-0.39, 0.29) is 12.3 Å². The third-order valence-electron chi connectivity index (χ3n) is 3.32. The summed E-state index contributed by atoms with van der Waals surface area (Å²) >= 11 is 0. The van der Waals surface area contributed by atoms with Crippen LogP contribution in [0.1, 0.15) is 24.1 Å². The molecule has 1 unspecified atom stereocenters. The van der Waals surface area contributed by atoms with Gasteiger partial charge < -0.3 is 10.5 Å². The first kappa shape index (κ1) is 16.9. The molecule has 2 rings (SSSR count). The van der Waals surface area contributed by atoms with Gasteiger partial charge in [0.2, 0.25) is 5.91 Å². The fourth-order valence-corrected chi connectivity index (χ4v) is 2.07. The van der Waals surface area contributed by atoms with Gasteiger partial charge in [-0.3, -0.25) is 9.48 Å². The normalized spacial score (nSPS) is 12.9. The van der Waals surface area contributed by atoms with Crippen molar-refractivity contribution in [2.75, 3.05) is 0 Å². The van der Waals surface area contributed by atoms with Gasteiger partial charge in [0.1, 0.15) is 18.9 Å². The highest BCUT2D eigenvalue weighted by Crippen LogP contribution is 2.27. The number of alkyl halides is 3. The molecule has 1 aromatic heterocycles. The van der Waals surface area contributed by atoms with Crippen LogP contribution in [0.15, 0.2) is 36.5 Å². The van der Waals surface area contributed by atoms with Gasteiger partial charge >= 0.3 is 6.18 Å². The Bertz CT molecular complexity index is 683. The number of ether oxygens (including phenoxy) is 1. The van der Waals surface area contributed by atoms with Crippen molar-refractivity contribution in [2.24, 2.45) is 5.73 Å². The summed E-state index contributed by atoms with van der Waals surface area (Å²) in [5, 5.41) is 3.64. The average molecular weight is 327 g/mol. The van der Waals surface area contributed by atoms with Crippen LogP contribution in [0.3, 0.4) is 0 Å². The predicted octanol–water partition coefficient (Wildman–Crippen LogP) is 2.61. The first-order chi connectivity index (χ1) is 10.8. The van der Waals surface area contributed by atoms with Gasteiger partial charge in [-0.05, 0) is 19.1 Å². The molecule has 0 aliphatic rings. The van der Waals surface area contributed by atoms with Gasteiger partial charge in [-0.2, -0.15) is 18.3 Å². The predicted molar refractivity (Wildman–Crippen MR) is 76.7 cm³/mol. The van der Waals surface area contributed by atoms with E-state index in [1.807, 2.05) is 0 Å². The number of para-hydroxylation sites is 1. The molecule has 0 bridgehead atoms. The summed E-state index contributed by atoms with van der Waals surface area (Å²) in [6.07, 6.45) is -3.08. The van der Waals surface area contributed by atoms with Crippen molar-refractivity contribution in [3.8, 4) is 5.75 Å². The molecule has 1 atom stereocenters. The molecule has 1 heterocycles. The van der Waals surface area contributed by atoms with Crippen molar-refractivity contribution in [1.82, 2.24) is 9.78 Å². The molecule has 2 aromatic rings. The Morgan fingerprint density at radius 1 is 1.35 bits per heavy atom. The van der Waals surface area contributed by atoms with Crippen LogP contribution in [-0.2, 0) is 17.9 Å². The Labute approximate surface area is 130 Å². The number of rotatable bonds is 6. The molecule has 8 heteroatoms. The molecule has 1 aromatic carbocycles. The van der Waals surface area contributed by atoms with Crippen LogP contribution < -0.4 is 10.5 Å². The Balaban J connectivity index is 2.14. The molecule has 0 aliphatic carbocycles. The fourth-order valence-electron chi connectivity index (χ4n) is 2.07. The van der Waals surface area contributed by atoms with Crippen LogP contribution in [0, 0.1) is 0 Å². The maximum absolute atomic E-state index is 12.5. The zero-order valence-electron chi connectivity index (χ0n) is 12.4. The number of hydrogen-bond donors (Lipinski definition) is 1. The standard InChI is InChI=1S/C15H16F3N3O2/c1-10(14(19)22)12-4-2-3-5-13(12)23-8-11-6-7-20-21(11)9-15(16,17)18/h2-7,10H,8-9H2,1H3,(H2,19,22). The Kier molecular flexibility index (Phi) is 4.92. The van der Waals surface area contributed by atoms with E-state index in [1.165, 1.54) is 12.3 Å². The van der Waals surface area contributed by atoms with Gasteiger partial charge in [-0.1, -0.05) is 18.2 Å². The summed E-state index contributed by atoms with van der Waals surface area (Å²) < 4.78 is 43.8. The Morgan fingerprint density at radius 2 is 2.04 bits per heavy atom. The average Bonchev–Trinajstić information content (AvgIpc) is 2.89. The van der Waals surface area contributed by atoms with E-state index in [0.717, 1.165) is 4.68 Å². The van der Waals surface area contributed by atoms with E-state index in [0.29, 0.717) is 11.3 Å². The largest absolute Gasteiger partial charge is 0.487 e. The first-order valence-electron chi connectivity index (χ1n) is 6.86. The van der Waals surface area contributed by atoms with E-state index >= 15 is 0 Å². The van der Waals surface area contributed by atoms with E-state index in [9.17, 15) is 18.0 Å². The van der Waals surface area contributed by atoms with E-state index < -0.39 is 24.5 Å². The second-order valence-corrected chi connectivity index (χ2v) is 5.05. The van der Waals surface area contributed by atoms with Crippen molar-refractivity contribution < 1.29 is 22.7 Å². The third-order valence-corrected chi connectivity index (χ3v) is 3.32. The number of hydrogen-bond acceptors (Lipinski definition) is 3. The quantitative estimate of drug-likeness (QED) is 0.886. The maximum Gasteiger partial charge on any atom is 0.408 e. The molecule has 5 nitrogen and oxygen atoms in total. The van der Waals surface area contributed by atoms with Crippen LogP contribution in [0.5, 0.6) is 5.75 Å². The molecule has 1 amide bonds. The van der Waals surface area contributed by atoms with E-state index in [1.54, 1.807) is 31.2 Å². The van der Waals surface area contributed by atoms with Gasteiger partial charge in [0.05, 0.1) is 11.6 Å². The van der Waals surface area contributed by atoms with Crippen molar-refractivity contribution in [3.63, 3.8) is 0 Å². The van der Waals surface area contributed by atoms with Gasteiger partial charge in [0.15, 0.2) is 0 Å². The minimum absolute atomic E-state index is 0.0986. The van der Waals surface area contributed by atoms with Crippen molar-refractivity contribution in [2.45, 2.75) is 32.2 Å². The third kappa shape index (κ3) is 4.48. The molecule has 23 heavy (non-hydrogen) atoms. The smallest absolute Gasteiger partial charge is 0.408 e. The highest BCUT2D eigenvalue weighted by molar-refractivity contribution is 5.82. The SMILES string of the molecule is CC(C(N)=O)c1ccccc1OCc1ccnn1CC(F)(F)F. The number of amides is 1. The summed E-state index contributed by atoms with van der Waals surface area (Å²) in [5.74, 6) is -0.673. The molecule has 0 saturated carbocycles. The molecule has 0 aliphatic heterocycles. The van der Waals surface area contributed by atoms with Crippen LogP contribution >= 0.6 is 0 Å². The van der Waals surface area contributed by atoms with Crippen LogP contribution in [-0.4, -0.2) is 21.9 Å². The molecule has 0 radical (unpaired) electrons. The monoisotopic (exact) mass is 327 g/mol. The zero-order valence-corrected chi connectivity index (χ0v) is 12.4.